The Balaban J connectivity index is 2.05. The second-order valence-electron chi connectivity index (χ2n) is 4.87. The van der Waals surface area contributed by atoms with Crippen molar-refractivity contribution >= 4 is 10.0 Å². The summed E-state index contributed by atoms with van der Waals surface area (Å²) in [6.07, 6.45) is 1.95. The van der Waals surface area contributed by atoms with Crippen LogP contribution in [0.15, 0.2) is 35.4 Å². The van der Waals surface area contributed by atoms with Crippen molar-refractivity contribution in [1.82, 2.24) is 14.5 Å². The van der Waals surface area contributed by atoms with Crippen LogP contribution in [-0.2, 0) is 23.0 Å². The molecule has 2 rings (SSSR count). The van der Waals surface area contributed by atoms with Crippen LogP contribution in [-0.4, -0.2) is 31.9 Å². The first-order valence-corrected chi connectivity index (χ1v) is 8.62. The molecule has 0 saturated carbocycles. The molecule has 120 valence electrons. The number of ether oxygens (including phenoxy) is 1. The Labute approximate surface area is 131 Å². The lowest BCUT2D eigenvalue weighted by molar-refractivity contribution is 0.409. The topological polar surface area (TPSA) is 73.2 Å². The Morgan fingerprint density at radius 1 is 1.32 bits per heavy atom. The number of aromatic nitrogens is 2. The largest absolute Gasteiger partial charge is 0.496 e. The van der Waals surface area contributed by atoms with E-state index in [-0.39, 0.29) is 4.90 Å². The van der Waals surface area contributed by atoms with Crippen LogP contribution in [0.4, 0.5) is 0 Å². The molecule has 0 aliphatic rings. The highest BCUT2D eigenvalue weighted by Crippen LogP contribution is 2.18. The van der Waals surface area contributed by atoms with E-state index < -0.39 is 10.0 Å². The number of sulfonamides is 1. The van der Waals surface area contributed by atoms with Gasteiger partial charge in [-0.15, -0.1) is 0 Å². The number of methoxy groups -OCH3 is 1. The van der Waals surface area contributed by atoms with Crippen LogP contribution in [0.5, 0.6) is 5.75 Å². The maximum atomic E-state index is 12.3. The summed E-state index contributed by atoms with van der Waals surface area (Å²) in [5, 5.41) is 4.07. The average Bonchev–Trinajstić information content (AvgIpc) is 2.89. The fourth-order valence-electron chi connectivity index (χ4n) is 2.32. The van der Waals surface area contributed by atoms with E-state index in [4.69, 9.17) is 4.74 Å². The highest BCUT2D eigenvalue weighted by Gasteiger charge is 2.20. The number of nitrogens with one attached hydrogen (secondary N) is 1. The molecule has 1 aromatic carbocycles. The summed E-state index contributed by atoms with van der Waals surface area (Å²) >= 11 is 0. The number of benzene rings is 1. The quantitative estimate of drug-likeness (QED) is 0.842. The van der Waals surface area contributed by atoms with Crippen LogP contribution >= 0.6 is 0 Å². The number of hydrogen-bond donors (Lipinski definition) is 1. The Bertz CT molecular complexity index is 738. The first-order valence-electron chi connectivity index (χ1n) is 7.13. The Kier molecular flexibility index (Phi) is 5.20. The molecule has 0 saturated heterocycles. The number of para-hydroxylation sites is 1. The van der Waals surface area contributed by atoms with Gasteiger partial charge in [-0.25, -0.2) is 13.1 Å². The third-order valence-corrected chi connectivity index (χ3v) is 5.09. The van der Waals surface area contributed by atoms with Crippen LogP contribution in [0.25, 0.3) is 0 Å². The first-order chi connectivity index (χ1) is 10.5. The van der Waals surface area contributed by atoms with E-state index in [9.17, 15) is 8.42 Å². The molecule has 0 aliphatic heterocycles. The monoisotopic (exact) mass is 323 g/mol. The summed E-state index contributed by atoms with van der Waals surface area (Å²) < 4.78 is 34.2. The van der Waals surface area contributed by atoms with E-state index in [1.165, 1.54) is 6.20 Å². The molecule has 0 atom stereocenters. The molecule has 1 heterocycles. The van der Waals surface area contributed by atoms with E-state index in [0.29, 0.717) is 25.2 Å². The van der Waals surface area contributed by atoms with Gasteiger partial charge >= 0.3 is 0 Å². The van der Waals surface area contributed by atoms with Crippen molar-refractivity contribution in [2.24, 2.45) is 0 Å². The van der Waals surface area contributed by atoms with Crippen LogP contribution in [0.3, 0.4) is 0 Å². The molecule has 0 aliphatic carbocycles. The van der Waals surface area contributed by atoms with E-state index in [2.05, 4.69) is 9.82 Å². The van der Waals surface area contributed by atoms with E-state index in [0.717, 1.165) is 11.3 Å². The third-order valence-electron chi connectivity index (χ3n) is 3.53. The number of hydrogen-bond acceptors (Lipinski definition) is 4. The fourth-order valence-corrected chi connectivity index (χ4v) is 3.53. The van der Waals surface area contributed by atoms with Gasteiger partial charge in [0.1, 0.15) is 10.6 Å². The molecule has 22 heavy (non-hydrogen) atoms. The molecular weight excluding hydrogens is 302 g/mol. The minimum Gasteiger partial charge on any atom is -0.496 e. The number of nitrogens with zero attached hydrogens (tertiary/aromatic N) is 2. The highest BCUT2D eigenvalue weighted by atomic mass is 32.2. The number of rotatable bonds is 7. The molecule has 7 heteroatoms. The summed E-state index contributed by atoms with van der Waals surface area (Å²) in [5.74, 6) is 0.761. The van der Waals surface area contributed by atoms with Gasteiger partial charge in [0.15, 0.2) is 0 Å². The van der Waals surface area contributed by atoms with Gasteiger partial charge in [-0.2, -0.15) is 5.10 Å². The summed E-state index contributed by atoms with van der Waals surface area (Å²) in [6.45, 7) is 4.62. The molecule has 2 aromatic rings. The summed E-state index contributed by atoms with van der Waals surface area (Å²) in [5.41, 5.74) is 1.61. The first kappa shape index (κ1) is 16.5. The minimum atomic E-state index is -3.54. The van der Waals surface area contributed by atoms with Crippen molar-refractivity contribution in [2.75, 3.05) is 13.7 Å². The second kappa shape index (κ2) is 6.93. The smallest absolute Gasteiger partial charge is 0.243 e. The normalized spacial score (nSPS) is 11.6. The third kappa shape index (κ3) is 3.48. The van der Waals surface area contributed by atoms with Crippen molar-refractivity contribution in [2.45, 2.75) is 31.7 Å². The Hall–Kier alpha value is -1.86. The van der Waals surface area contributed by atoms with Gasteiger partial charge in [-0.05, 0) is 31.9 Å². The van der Waals surface area contributed by atoms with Gasteiger partial charge in [-0.3, -0.25) is 4.68 Å². The molecule has 1 aromatic heterocycles. The second-order valence-corrected chi connectivity index (χ2v) is 6.60. The van der Waals surface area contributed by atoms with Gasteiger partial charge in [0.05, 0.1) is 19.0 Å². The van der Waals surface area contributed by atoms with Crippen molar-refractivity contribution < 1.29 is 13.2 Å². The Morgan fingerprint density at radius 3 is 2.68 bits per heavy atom. The lowest BCUT2D eigenvalue weighted by Gasteiger charge is -2.09. The molecule has 6 nitrogen and oxygen atoms in total. The standard InChI is InChI=1S/C15H21N3O3S/c1-4-18-12(2)15(11-16-18)22(19,20)17-10-9-13-7-5-6-8-14(13)21-3/h5-8,11,17H,4,9-10H2,1-3H3. The van der Waals surface area contributed by atoms with E-state index in [1.54, 1.807) is 18.7 Å². The van der Waals surface area contributed by atoms with Gasteiger partial charge in [0, 0.05) is 13.1 Å². The van der Waals surface area contributed by atoms with E-state index in [1.807, 2.05) is 31.2 Å². The van der Waals surface area contributed by atoms with Crippen molar-refractivity contribution in [3.8, 4) is 5.75 Å². The SMILES string of the molecule is CCn1ncc(S(=O)(=O)NCCc2ccccc2OC)c1C. The van der Waals surface area contributed by atoms with Crippen molar-refractivity contribution in [3.05, 3.63) is 41.7 Å². The van der Waals surface area contributed by atoms with E-state index >= 15 is 0 Å². The van der Waals surface area contributed by atoms with Crippen LogP contribution in [0, 0.1) is 6.92 Å². The molecule has 1 N–H and O–H groups in total. The Morgan fingerprint density at radius 2 is 2.05 bits per heavy atom. The molecular formula is C15H21N3O3S. The van der Waals surface area contributed by atoms with Gasteiger partial charge in [0.2, 0.25) is 10.0 Å². The maximum absolute atomic E-state index is 12.3. The zero-order valence-electron chi connectivity index (χ0n) is 13.0. The molecule has 0 unspecified atom stereocenters. The van der Waals surface area contributed by atoms with Crippen LogP contribution < -0.4 is 9.46 Å². The number of aryl methyl sites for hydroxylation is 1. The van der Waals surface area contributed by atoms with Gasteiger partial charge in [-0.1, -0.05) is 18.2 Å². The minimum absolute atomic E-state index is 0.231. The summed E-state index contributed by atoms with van der Waals surface area (Å²) in [4.78, 5) is 0.231. The van der Waals surface area contributed by atoms with Crippen LogP contribution in [0.1, 0.15) is 18.2 Å². The van der Waals surface area contributed by atoms with Crippen LogP contribution in [0.2, 0.25) is 0 Å². The molecule has 0 amide bonds. The van der Waals surface area contributed by atoms with Gasteiger partial charge in [0.25, 0.3) is 0 Å². The fraction of sp³-hybridized carbons (Fsp3) is 0.400. The predicted octanol–water partition coefficient (Wildman–Crippen LogP) is 1.74. The summed E-state index contributed by atoms with van der Waals surface area (Å²) in [6, 6.07) is 7.57. The zero-order chi connectivity index (χ0) is 16.2. The predicted molar refractivity (Wildman–Crippen MR) is 84.5 cm³/mol. The maximum Gasteiger partial charge on any atom is 0.243 e. The van der Waals surface area contributed by atoms with Crippen molar-refractivity contribution in [1.29, 1.82) is 0 Å². The highest BCUT2D eigenvalue weighted by molar-refractivity contribution is 7.89. The van der Waals surface area contributed by atoms with Crippen molar-refractivity contribution in [3.63, 3.8) is 0 Å². The zero-order valence-corrected chi connectivity index (χ0v) is 13.9. The molecule has 0 bridgehead atoms. The molecule has 0 spiro atoms. The lowest BCUT2D eigenvalue weighted by Crippen LogP contribution is -2.26. The molecule has 0 fully saturated rings. The molecule has 0 radical (unpaired) electrons. The summed E-state index contributed by atoms with van der Waals surface area (Å²) in [7, 11) is -1.94. The average molecular weight is 323 g/mol. The lowest BCUT2D eigenvalue weighted by atomic mass is 10.1. The van der Waals surface area contributed by atoms with Gasteiger partial charge < -0.3 is 4.74 Å².